The third kappa shape index (κ3) is 3.16. The Balaban J connectivity index is 2.29. The SMILES string of the molecule is CCC(C)C1[CH]CCCCCC1. The van der Waals surface area contributed by atoms with E-state index >= 15 is 0 Å². The van der Waals surface area contributed by atoms with E-state index in [1.165, 1.54) is 44.9 Å². The van der Waals surface area contributed by atoms with E-state index < -0.39 is 0 Å². The Hall–Kier alpha value is 0. The zero-order valence-corrected chi connectivity index (χ0v) is 8.68. The Kier molecular flexibility index (Phi) is 4.72. The van der Waals surface area contributed by atoms with Gasteiger partial charge in [-0.05, 0) is 31.1 Å². The minimum atomic E-state index is 0.920. The summed E-state index contributed by atoms with van der Waals surface area (Å²) in [7, 11) is 0. The highest BCUT2D eigenvalue weighted by Crippen LogP contribution is 2.28. The number of hydrogen-bond acceptors (Lipinski definition) is 0. The van der Waals surface area contributed by atoms with Crippen LogP contribution in [-0.2, 0) is 0 Å². The quantitative estimate of drug-likeness (QED) is 0.578. The van der Waals surface area contributed by atoms with E-state index in [4.69, 9.17) is 0 Å². The average molecular weight is 167 g/mol. The standard InChI is InChI=1S/C12H23/c1-3-11(2)12-9-7-5-4-6-8-10-12/h9,11-12H,3-8,10H2,1-2H3. The lowest BCUT2D eigenvalue weighted by Gasteiger charge is -2.24. The van der Waals surface area contributed by atoms with Crippen LogP contribution in [0, 0.1) is 18.3 Å². The molecule has 0 nitrogen and oxygen atoms in total. The predicted octanol–water partition coefficient (Wildman–Crippen LogP) is 4.21. The Bertz CT molecular complexity index is 98.6. The minimum absolute atomic E-state index is 0.920. The monoisotopic (exact) mass is 167 g/mol. The summed E-state index contributed by atoms with van der Waals surface area (Å²) in [5.74, 6) is 1.85. The predicted molar refractivity (Wildman–Crippen MR) is 54.9 cm³/mol. The maximum Gasteiger partial charge on any atom is -0.0352 e. The summed E-state index contributed by atoms with van der Waals surface area (Å²) in [5.41, 5.74) is 0. The number of hydrogen-bond donors (Lipinski definition) is 0. The first kappa shape index (κ1) is 10.1. The highest BCUT2D eigenvalue weighted by atomic mass is 14.2. The van der Waals surface area contributed by atoms with Gasteiger partial charge in [-0.25, -0.2) is 0 Å². The van der Waals surface area contributed by atoms with Gasteiger partial charge < -0.3 is 0 Å². The van der Waals surface area contributed by atoms with Gasteiger partial charge in [-0.2, -0.15) is 0 Å². The zero-order valence-electron chi connectivity index (χ0n) is 8.68. The van der Waals surface area contributed by atoms with Gasteiger partial charge in [-0.1, -0.05) is 46.0 Å². The zero-order chi connectivity index (χ0) is 8.81. The fourth-order valence-electron chi connectivity index (χ4n) is 2.15. The molecular weight excluding hydrogens is 144 g/mol. The maximum atomic E-state index is 2.59. The van der Waals surface area contributed by atoms with E-state index in [1.807, 2.05) is 0 Å². The van der Waals surface area contributed by atoms with Crippen molar-refractivity contribution in [2.24, 2.45) is 11.8 Å². The van der Waals surface area contributed by atoms with E-state index in [2.05, 4.69) is 20.3 Å². The molecule has 1 aliphatic carbocycles. The first-order valence-corrected chi connectivity index (χ1v) is 5.68. The smallest absolute Gasteiger partial charge is 0.0352 e. The third-order valence-corrected chi connectivity index (χ3v) is 3.34. The van der Waals surface area contributed by atoms with Crippen molar-refractivity contribution in [3.63, 3.8) is 0 Å². The van der Waals surface area contributed by atoms with E-state index in [1.54, 1.807) is 0 Å². The van der Waals surface area contributed by atoms with Crippen LogP contribution in [-0.4, -0.2) is 0 Å². The molecular formula is C12H23. The topological polar surface area (TPSA) is 0 Å². The Morgan fingerprint density at radius 1 is 1.25 bits per heavy atom. The molecule has 0 amide bonds. The molecule has 1 radical (unpaired) electrons. The highest BCUT2D eigenvalue weighted by molar-refractivity contribution is 4.81. The average Bonchev–Trinajstić information content (AvgIpc) is 2.02. The summed E-state index contributed by atoms with van der Waals surface area (Å²) in [4.78, 5) is 0. The van der Waals surface area contributed by atoms with Crippen LogP contribution in [0.4, 0.5) is 0 Å². The molecule has 0 aromatic heterocycles. The van der Waals surface area contributed by atoms with Gasteiger partial charge >= 0.3 is 0 Å². The van der Waals surface area contributed by atoms with E-state index in [0.29, 0.717) is 0 Å². The molecule has 1 aliphatic rings. The van der Waals surface area contributed by atoms with E-state index in [9.17, 15) is 0 Å². The van der Waals surface area contributed by atoms with Crippen LogP contribution in [0.1, 0.15) is 58.8 Å². The fourth-order valence-corrected chi connectivity index (χ4v) is 2.15. The van der Waals surface area contributed by atoms with Crippen molar-refractivity contribution in [1.29, 1.82) is 0 Å². The summed E-state index contributed by atoms with van der Waals surface area (Å²) in [6, 6.07) is 0. The van der Waals surface area contributed by atoms with Crippen LogP contribution in [0.2, 0.25) is 0 Å². The van der Waals surface area contributed by atoms with Gasteiger partial charge in [0, 0.05) is 0 Å². The summed E-state index contributed by atoms with van der Waals surface area (Å²) < 4.78 is 0. The van der Waals surface area contributed by atoms with Crippen molar-refractivity contribution in [2.75, 3.05) is 0 Å². The van der Waals surface area contributed by atoms with Gasteiger partial charge in [0.1, 0.15) is 0 Å². The second-order valence-electron chi connectivity index (χ2n) is 4.28. The van der Waals surface area contributed by atoms with Crippen molar-refractivity contribution < 1.29 is 0 Å². The molecule has 0 aliphatic heterocycles. The van der Waals surface area contributed by atoms with Gasteiger partial charge in [0.05, 0.1) is 0 Å². The molecule has 0 heterocycles. The van der Waals surface area contributed by atoms with Gasteiger partial charge in [0.15, 0.2) is 0 Å². The van der Waals surface area contributed by atoms with Crippen molar-refractivity contribution in [3.05, 3.63) is 6.42 Å². The molecule has 1 saturated carbocycles. The van der Waals surface area contributed by atoms with Crippen LogP contribution >= 0.6 is 0 Å². The molecule has 1 rings (SSSR count). The first-order chi connectivity index (χ1) is 5.84. The molecule has 2 unspecified atom stereocenters. The Morgan fingerprint density at radius 3 is 2.75 bits per heavy atom. The summed E-state index contributed by atoms with van der Waals surface area (Å²) >= 11 is 0. The van der Waals surface area contributed by atoms with Crippen LogP contribution in [0.5, 0.6) is 0 Å². The van der Waals surface area contributed by atoms with Crippen LogP contribution in [0.25, 0.3) is 0 Å². The van der Waals surface area contributed by atoms with Crippen LogP contribution in [0.15, 0.2) is 0 Å². The summed E-state index contributed by atoms with van der Waals surface area (Å²) in [5, 5.41) is 0. The van der Waals surface area contributed by atoms with Crippen molar-refractivity contribution in [2.45, 2.75) is 58.8 Å². The van der Waals surface area contributed by atoms with Crippen molar-refractivity contribution >= 4 is 0 Å². The summed E-state index contributed by atoms with van der Waals surface area (Å²) in [6.07, 6.45) is 12.6. The molecule has 0 heteroatoms. The second kappa shape index (κ2) is 5.61. The Morgan fingerprint density at radius 2 is 2.00 bits per heavy atom. The molecule has 0 N–H and O–H groups in total. The van der Waals surface area contributed by atoms with Crippen LogP contribution < -0.4 is 0 Å². The first-order valence-electron chi connectivity index (χ1n) is 5.68. The second-order valence-corrected chi connectivity index (χ2v) is 4.28. The molecule has 71 valence electrons. The molecule has 0 saturated heterocycles. The molecule has 0 aromatic carbocycles. The van der Waals surface area contributed by atoms with Crippen molar-refractivity contribution in [1.82, 2.24) is 0 Å². The molecule has 1 fully saturated rings. The van der Waals surface area contributed by atoms with Gasteiger partial charge in [0.25, 0.3) is 0 Å². The van der Waals surface area contributed by atoms with E-state index in [-0.39, 0.29) is 0 Å². The van der Waals surface area contributed by atoms with Gasteiger partial charge in [-0.15, -0.1) is 0 Å². The lowest BCUT2D eigenvalue weighted by molar-refractivity contribution is 0.335. The molecule has 0 bridgehead atoms. The lowest BCUT2D eigenvalue weighted by atomic mass is 9.82. The maximum absolute atomic E-state index is 2.59. The molecule has 2 atom stereocenters. The van der Waals surface area contributed by atoms with Gasteiger partial charge in [-0.3, -0.25) is 0 Å². The van der Waals surface area contributed by atoms with Crippen LogP contribution in [0.3, 0.4) is 0 Å². The van der Waals surface area contributed by atoms with E-state index in [0.717, 1.165) is 11.8 Å². The number of rotatable bonds is 2. The fraction of sp³-hybridized carbons (Fsp3) is 0.917. The third-order valence-electron chi connectivity index (χ3n) is 3.34. The molecule has 12 heavy (non-hydrogen) atoms. The molecule has 0 spiro atoms. The minimum Gasteiger partial charge on any atom is -0.0651 e. The largest absolute Gasteiger partial charge is 0.0651 e. The normalized spacial score (nSPS) is 24.5. The Labute approximate surface area is 77.7 Å². The molecule has 0 aromatic rings. The lowest BCUT2D eigenvalue weighted by Crippen LogP contribution is -2.13. The van der Waals surface area contributed by atoms with Gasteiger partial charge in [0.2, 0.25) is 0 Å². The summed E-state index contributed by atoms with van der Waals surface area (Å²) in [6.45, 7) is 4.72. The van der Waals surface area contributed by atoms with Crippen molar-refractivity contribution in [3.8, 4) is 0 Å². The highest BCUT2D eigenvalue weighted by Gasteiger charge is 2.16.